The summed E-state index contributed by atoms with van der Waals surface area (Å²) in [4.78, 5) is 11.2. The van der Waals surface area contributed by atoms with Gasteiger partial charge in [0, 0.05) is 9.13 Å². The van der Waals surface area contributed by atoms with E-state index in [0.29, 0.717) is 11.1 Å². The van der Waals surface area contributed by atoms with Crippen LogP contribution in [0.4, 0.5) is 0 Å². The molecule has 0 atom stereocenters. The molecule has 1 aromatic rings. The predicted molar refractivity (Wildman–Crippen MR) is 57.3 cm³/mol. The molecule has 0 amide bonds. The number of Topliss-reactive ketones (excluding diaryl/α,β-unsaturated/α-hetero) is 1. The fourth-order valence-electron chi connectivity index (χ4n) is 0.933. The summed E-state index contributed by atoms with van der Waals surface area (Å²) in [6.07, 6.45) is 0. The SMILES string of the molecule is N#Cc1cc(I)cc(C(=O)CN)c1. The average Bonchev–Trinajstić information content (AvgIpc) is 2.15. The Balaban J connectivity index is 3.17. The van der Waals surface area contributed by atoms with E-state index in [2.05, 4.69) is 22.6 Å². The Morgan fingerprint density at radius 3 is 2.77 bits per heavy atom. The second kappa shape index (κ2) is 4.35. The highest BCUT2D eigenvalue weighted by molar-refractivity contribution is 14.1. The first kappa shape index (κ1) is 10.2. The Hall–Kier alpha value is -0.930. The van der Waals surface area contributed by atoms with Crippen molar-refractivity contribution in [1.29, 1.82) is 5.26 Å². The molecule has 0 saturated carbocycles. The Kier molecular flexibility index (Phi) is 3.39. The van der Waals surface area contributed by atoms with Crippen LogP contribution in [0.1, 0.15) is 15.9 Å². The number of hydrogen-bond donors (Lipinski definition) is 1. The molecule has 1 aromatic carbocycles. The van der Waals surface area contributed by atoms with Crippen LogP contribution >= 0.6 is 22.6 Å². The first-order chi connectivity index (χ1) is 6.17. The zero-order valence-corrected chi connectivity index (χ0v) is 8.91. The van der Waals surface area contributed by atoms with Gasteiger partial charge in [-0.3, -0.25) is 4.79 Å². The third-order valence-corrected chi connectivity index (χ3v) is 2.16. The molecule has 1 rings (SSSR count). The van der Waals surface area contributed by atoms with Crippen molar-refractivity contribution in [2.75, 3.05) is 6.54 Å². The van der Waals surface area contributed by atoms with Crippen molar-refractivity contribution in [2.45, 2.75) is 0 Å². The van der Waals surface area contributed by atoms with Gasteiger partial charge in [0.05, 0.1) is 18.2 Å². The number of benzene rings is 1. The molecule has 0 fully saturated rings. The Labute approximate surface area is 89.7 Å². The topological polar surface area (TPSA) is 66.9 Å². The molecule has 0 aliphatic rings. The lowest BCUT2D eigenvalue weighted by Crippen LogP contribution is -2.13. The zero-order valence-electron chi connectivity index (χ0n) is 6.75. The molecule has 0 aromatic heterocycles. The maximum Gasteiger partial charge on any atom is 0.176 e. The van der Waals surface area contributed by atoms with E-state index in [-0.39, 0.29) is 12.3 Å². The molecule has 66 valence electrons. The van der Waals surface area contributed by atoms with Crippen molar-refractivity contribution in [3.63, 3.8) is 0 Å². The second-order valence-corrected chi connectivity index (χ2v) is 3.71. The Bertz CT molecular complexity index is 382. The van der Waals surface area contributed by atoms with E-state index in [1.807, 2.05) is 6.07 Å². The minimum atomic E-state index is -0.144. The quantitative estimate of drug-likeness (QED) is 0.658. The van der Waals surface area contributed by atoms with Crippen LogP contribution < -0.4 is 5.73 Å². The first-order valence-corrected chi connectivity index (χ1v) is 4.69. The van der Waals surface area contributed by atoms with Crippen molar-refractivity contribution < 1.29 is 4.79 Å². The van der Waals surface area contributed by atoms with E-state index in [1.54, 1.807) is 18.2 Å². The van der Waals surface area contributed by atoms with Crippen molar-refractivity contribution in [1.82, 2.24) is 0 Å². The molecule has 0 radical (unpaired) electrons. The van der Waals surface area contributed by atoms with Gasteiger partial charge >= 0.3 is 0 Å². The molecule has 4 heteroatoms. The minimum absolute atomic E-state index is 0.0229. The van der Waals surface area contributed by atoms with Gasteiger partial charge in [0.1, 0.15) is 0 Å². The van der Waals surface area contributed by atoms with Crippen LogP contribution in [0.25, 0.3) is 0 Å². The molecule has 0 unspecified atom stereocenters. The molecule has 3 nitrogen and oxygen atoms in total. The highest BCUT2D eigenvalue weighted by Crippen LogP contribution is 2.12. The van der Waals surface area contributed by atoms with Gasteiger partial charge in [-0.15, -0.1) is 0 Å². The summed E-state index contributed by atoms with van der Waals surface area (Å²) in [5, 5.41) is 8.65. The molecule has 0 aliphatic carbocycles. The number of rotatable bonds is 2. The number of hydrogen-bond acceptors (Lipinski definition) is 3. The molecule has 2 N–H and O–H groups in total. The number of carbonyl (C=O) groups is 1. The van der Waals surface area contributed by atoms with Crippen molar-refractivity contribution in [2.24, 2.45) is 5.73 Å². The maximum absolute atomic E-state index is 11.2. The highest BCUT2D eigenvalue weighted by atomic mass is 127. The zero-order chi connectivity index (χ0) is 9.84. The van der Waals surface area contributed by atoms with E-state index >= 15 is 0 Å². The summed E-state index contributed by atoms with van der Waals surface area (Å²) >= 11 is 2.06. The molecule has 0 aliphatic heterocycles. The van der Waals surface area contributed by atoms with Crippen LogP contribution in [0.15, 0.2) is 18.2 Å². The molecule has 0 heterocycles. The number of nitrogens with zero attached hydrogens (tertiary/aromatic N) is 1. The lowest BCUT2D eigenvalue weighted by Gasteiger charge is -1.99. The standard InChI is InChI=1S/C9H7IN2O/c10-8-2-6(4-11)1-7(3-8)9(13)5-12/h1-3H,5,12H2. The van der Waals surface area contributed by atoms with Gasteiger partial charge < -0.3 is 5.73 Å². The van der Waals surface area contributed by atoms with Gasteiger partial charge in [-0.05, 0) is 40.8 Å². The molecule has 0 bridgehead atoms. The predicted octanol–water partition coefficient (Wildman–Crippen LogP) is 1.30. The fraction of sp³-hybridized carbons (Fsp3) is 0.111. The minimum Gasteiger partial charge on any atom is -0.324 e. The van der Waals surface area contributed by atoms with Crippen LogP contribution in [0.3, 0.4) is 0 Å². The van der Waals surface area contributed by atoms with Gasteiger partial charge in [-0.1, -0.05) is 0 Å². The third kappa shape index (κ3) is 2.50. The summed E-state index contributed by atoms with van der Waals surface area (Å²) in [6.45, 7) is -0.0229. The van der Waals surface area contributed by atoms with Crippen LogP contribution in [0, 0.1) is 14.9 Å². The van der Waals surface area contributed by atoms with Crippen LogP contribution in [-0.4, -0.2) is 12.3 Å². The number of nitriles is 1. The molecule has 0 spiro atoms. The monoisotopic (exact) mass is 286 g/mol. The lowest BCUT2D eigenvalue weighted by atomic mass is 10.1. The number of ketones is 1. The van der Waals surface area contributed by atoms with Gasteiger partial charge in [-0.2, -0.15) is 5.26 Å². The van der Waals surface area contributed by atoms with Crippen LogP contribution in [0.2, 0.25) is 0 Å². The van der Waals surface area contributed by atoms with Crippen molar-refractivity contribution in [3.8, 4) is 6.07 Å². The maximum atomic E-state index is 11.2. The average molecular weight is 286 g/mol. The van der Waals surface area contributed by atoms with E-state index in [4.69, 9.17) is 11.0 Å². The normalized spacial score (nSPS) is 9.31. The van der Waals surface area contributed by atoms with Gasteiger partial charge in [0.2, 0.25) is 0 Å². The van der Waals surface area contributed by atoms with Gasteiger partial charge in [0.25, 0.3) is 0 Å². The van der Waals surface area contributed by atoms with Gasteiger partial charge in [-0.25, -0.2) is 0 Å². The largest absolute Gasteiger partial charge is 0.324 e. The van der Waals surface area contributed by atoms with Crippen LogP contribution in [0.5, 0.6) is 0 Å². The lowest BCUT2D eigenvalue weighted by molar-refractivity contribution is 0.100. The Morgan fingerprint density at radius 2 is 2.23 bits per heavy atom. The Morgan fingerprint density at radius 1 is 1.54 bits per heavy atom. The molecular formula is C9H7IN2O. The summed E-state index contributed by atoms with van der Waals surface area (Å²) in [5.41, 5.74) is 6.21. The molecule has 13 heavy (non-hydrogen) atoms. The van der Waals surface area contributed by atoms with E-state index in [9.17, 15) is 4.79 Å². The summed E-state index contributed by atoms with van der Waals surface area (Å²) in [5.74, 6) is -0.144. The second-order valence-electron chi connectivity index (χ2n) is 2.47. The van der Waals surface area contributed by atoms with E-state index in [0.717, 1.165) is 3.57 Å². The smallest absolute Gasteiger partial charge is 0.176 e. The van der Waals surface area contributed by atoms with Crippen LogP contribution in [-0.2, 0) is 0 Å². The third-order valence-electron chi connectivity index (χ3n) is 1.53. The summed E-state index contributed by atoms with van der Waals surface area (Å²) < 4.78 is 0.869. The number of carbonyl (C=O) groups excluding carboxylic acids is 1. The van der Waals surface area contributed by atoms with Crippen molar-refractivity contribution >= 4 is 28.4 Å². The van der Waals surface area contributed by atoms with E-state index < -0.39 is 0 Å². The molecular weight excluding hydrogens is 279 g/mol. The van der Waals surface area contributed by atoms with Crippen molar-refractivity contribution in [3.05, 3.63) is 32.9 Å². The number of halogens is 1. The number of nitrogens with two attached hydrogens (primary N) is 1. The van der Waals surface area contributed by atoms with Gasteiger partial charge in [0.15, 0.2) is 5.78 Å². The highest BCUT2D eigenvalue weighted by Gasteiger charge is 2.05. The molecule has 0 saturated heterocycles. The first-order valence-electron chi connectivity index (χ1n) is 3.61. The summed E-state index contributed by atoms with van der Waals surface area (Å²) in [6, 6.07) is 6.98. The summed E-state index contributed by atoms with van der Waals surface area (Å²) in [7, 11) is 0. The van der Waals surface area contributed by atoms with E-state index in [1.165, 1.54) is 0 Å². The fourth-order valence-corrected chi connectivity index (χ4v) is 1.60.